The van der Waals surface area contributed by atoms with Gasteiger partial charge in [0.2, 0.25) is 6.79 Å². The van der Waals surface area contributed by atoms with E-state index in [2.05, 4.69) is 28.1 Å². The highest BCUT2D eigenvalue weighted by Gasteiger charge is 2.62. The van der Waals surface area contributed by atoms with Crippen LogP contribution in [0.4, 0.5) is 0 Å². The zero-order valence-corrected chi connectivity index (χ0v) is 38.3. The van der Waals surface area contributed by atoms with Crippen molar-refractivity contribution in [1.82, 2.24) is 15.1 Å². The van der Waals surface area contributed by atoms with E-state index in [1.807, 2.05) is 27.0 Å². The second kappa shape index (κ2) is 17.3. The number of thioether (sulfide) groups is 1. The maximum Gasteiger partial charge on any atom is 0.331 e. The van der Waals surface area contributed by atoms with Gasteiger partial charge in [0.1, 0.15) is 18.4 Å². The van der Waals surface area contributed by atoms with E-state index in [-0.39, 0.29) is 43.3 Å². The molecule has 4 bridgehead atoms. The molecule has 3 aromatic rings. The van der Waals surface area contributed by atoms with Crippen LogP contribution in [-0.4, -0.2) is 97.9 Å². The molecule has 15 nitrogen and oxygen atoms in total. The Hall–Kier alpha value is -5.21. The number of rotatable bonds is 10. The summed E-state index contributed by atoms with van der Waals surface area (Å²) in [5.74, 6) is 0.961. The number of nitrogens with one attached hydrogen (secondary N) is 1. The zero-order valence-electron chi connectivity index (χ0n) is 37.5. The van der Waals surface area contributed by atoms with E-state index in [0.717, 1.165) is 48.8 Å². The summed E-state index contributed by atoms with van der Waals surface area (Å²) in [7, 11) is 5.04. The Bertz CT molecular complexity index is 2450. The molecule has 340 valence electrons. The minimum Gasteiger partial charge on any atom is -0.504 e. The van der Waals surface area contributed by atoms with Gasteiger partial charge in [-0.1, -0.05) is 38.7 Å². The van der Waals surface area contributed by atoms with Crippen LogP contribution in [0, 0.1) is 25.2 Å². The fraction of sp³-hybridized carbons (Fsp3) is 0.542. The average Bonchev–Trinajstić information content (AvgIpc) is 3.76. The molecule has 1 spiro atoms. The smallest absolute Gasteiger partial charge is 0.331 e. The predicted molar refractivity (Wildman–Crippen MR) is 235 cm³/mol. The number of aryl methyl sites for hydroxylation is 1. The maximum absolute atomic E-state index is 15.1. The van der Waals surface area contributed by atoms with Gasteiger partial charge in [-0.05, 0) is 74.5 Å². The molecule has 7 atom stereocenters. The number of fused-ring (bicyclic) bond motifs is 9. The van der Waals surface area contributed by atoms with Crippen molar-refractivity contribution in [3.05, 3.63) is 62.7 Å². The number of likely N-dealkylation sites (N-methyl/N-ethyl adjacent to an activating group) is 1. The molecule has 7 aliphatic heterocycles. The van der Waals surface area contributed by atoms with Crippen molar-refractivity contribution in [2.45, 2.75) is 120 Å². The third kappa shape index (κ3) is 6.92. The molecule has 3 aromatic carbocycles. The number of hydrogen-bond acceptors (Lipinski definition) is 16. The summed E-state index contributed by atoms with van der Waals surface area (Å²) < 4.78 is 42.6. The lowest BCUT2D eigenvalue weighted by molar-refractivity contribution is -0.157. The van der Waals surface area contributed by atoms with E-state index >= 15 is 4.79 Å². The highest BCUT2D eigenvalue weighted by Crippen LogP contribution is 2.64. The molecule has 0 amide bonds. The normalized spacial score (nSPS) is 26.4. The third-order valence-corrected chi connectivity index (χ3v) is 15.6. The SMILES string of the molecule is CCCCCCCC(=O)Oc1cc2c(cc1OC)[C@@]1(CS[C@@H]3c4c(OC(C)=O)c(C)c5c(c4[C@H](COC1=O)N1C3[C@@H]3c4c(cc(C)c(OC)c4O)C[C@H]([C@@H]1C#N)N3C)OCO5)NCC2. The van der Waals surface area contributed by atoms with Crippen molar-refractivity contribution in [1.29, 1.82) is 5.26 Å². The van der Waals surface area contributed by atoms with Crippen LogP contribution in [0.15, 0.2) is 18.2 Å². The molecule has 10 rings (SSSR count). The first-order chi connectivity index (χ1) is 30.9. The number of ether oxygens (including phenoxy) is 7. The van der Waals surface area contributed by atoms with Gasteiger partial charge in [0.05, 0.1) is 37.6 Å². The van der Waals surface area contributed by atoms with Crippen molar-refractivity contribution in [2.75, 3.05) is 47.0 Å². The first-order valence-corrected chi connectivity index (χ1v) is 23.3. The minimum absolute atomic E-state index is 0.0364. The lowest BCUT2D eigenvalue weighted by atomic mass is 9.71. The quantitative estimate of drug-likeness (QED) is 0.127. The van der Waals surface area contributed by atoms with Crippen LogP contribution >= 0.6 is 11.8 Å². The standard InChI is InChI=1S/C48H56N4O11S/c1-8-9-10-11-12-13-35(54)63-34-18-27-14-15-50-48(29(27)19-33(34)57-6)22-64-46-38-37(45-44(60-23-61-45)25(3)43(38)62-26(4)53)32(21-59-47(48)56)52-31(20-49)30-17-28-16-24(2)42(58-7)41(55)36(28)39(40(46)52)51(30)5/h16,18-19,30-32,39-40,46,50,55H,8-15,17,21-23H2,1-7H3/t30-,31+,32+,39+,40?,46-,48-/m1/s1. The highest BCUT2D eigenvalue weighted by atomic mass is 32.2. The average molecular weight is 897 g/mol. The molecule has 2 N–H and O–H groups in total. The second-order valence-electron chi connectivity index (χ2n) is 17.7. The van der Waals surface area contributed by atoms with Crippen LogP contribution in [0.2, 0.25) is 0 Å². The lowest BCUT2D eigenvalue weighted by Gasteiger charge is -2.62. The molecule has 0 radical (unpaired) electrons. The van der Waals surface area contributed by atoms with Crippen molar-refractivity contribution < 1.29 is 52.6 Å². The van der Waals surface area contributed by atoms with Crippen molar-refractivity contribution in [2.24, 2.45) is 0 Å². The number of esters is 3. The Kier molecular flexibility index (Phi) is 11.9. The topological polar surface area (TPSA) is 178 Å². The van der Waals surface area contributed by atoms with Gasteiger partial charge < -0.3 is 38.3 Å². The second-order valence-corrected chi connectivity index (χ2v) is 18.8. The van der Waals surface area contributed by atoms with Crippen LogP contribution in [0.3, 0.4) is 0 Å². The highest BCUT2D eigenvalue weighted by molar-refractivity contribution is 7.99. The molecule has 16 heteroatoms. The van der Waals surface area contributed by atoms with Gasteiger partial charge in [-0.25, -0.2) is 4.79 Å². The Balaban J connectivity index is 1.21. The molecular formula is C48H56N4O11S. The molecule has 0 saturated carbocycles. The van der Waals surface area contributed by atoms with Gasteiger partial charge in [0.15, 0.2) is 40.0 Å². The third-order valence-electron chi connectivity index (χ3n) is 14.1. The Morgan fingerprint density at radius 3 is 2.50 bits per heavy atom. The molecule has 7 heterocycles. The number of methoxy groups -OCH3 is 2. The molecule has 0 aromatic heterocycles. The Morgan fingerprint density at radius 1 is 0.984 bits per heavy atom. The van der Waals surface area contributed by atoms with Gasteiger partial charge in [0, 0.05) is 60.0 Å². The number of phenolic OH excluding ortho intramolecular Hbond substituents is 1. The summed E-state index contributed by atoms with van der Waals surface area (Å²) in [6.07, 6.45) is 6.29. The molecular weight excluding hydrogens is 841 g/mol. The fourth-order valence-corrected chi connectivity index (χ4v) is 13.0. The van der Waals surface area contributed by atoms with Gasteiger partial charge in [0.25, 0.3) is 0 Å². The number of piperazine rings is 1. The number of carbonyl (C=O) groups excluding carboxylic acids is 3. The first-order valence-electron chi connectivity index (χ1n) is 22.3. The van der Waals surface area contributed by atoms with Gasteiger partial charge in [-0.2, -0.15) is 5.26 Å². The predicted octanol–water partition coefficient (Wildman–Crippen LogP) is 6.55. The molecule has 2 saturated heterocycles. The summed E-state index contributed by atoms with van der Waals surface area (Å²) in [4.78, 5) is 45.6. The van der Waals surface area contributed by atoms with E-state index in [0.29, 0.717) is 81.7 Å². The van der Waals surface area contributed by atoms with E-state index in [1.54, 1.807) is 12.1 Å². The summed E-state index contributed by atoms with van der Waals surface area (Å²) in [6.45, 7) is 7.39. The van der Waals surface area contributed by atoms with E-state index in [9.17, 15) is 20.0 Å². The van der Waals surface area contributed by atoms with Gasteiger partial charge in [-0.15, -0.1) is 11.8 Å². The summed E-state index contributed by atoms with van der Waals surface area (Å²) in [5.41, 5.74) is 4.35. The van der Waals surface area contributed by atoms with E-state index < -0.39 is 46.9 Å². The number of unbranched alkanes of at least 4 members (excludes halogenated alkanes) is 4. The van der Waals surface area contributed by atoms with Gasteiger partial charge in [-0.3, -0.25) is 24.7 Å². The number of nitrogens with zero attached hydrogens (tertiary/aromatic N) is 3. The zero-order chi connectivity index (χ0) is 45.2. The monoisotopic (exact) mass is 896 g/mol. The van der Waals surface area contributed by atoms with Crippen molar-refractivity contribution in [3.63, 3.8) is 0 Å². The van der Waals surface area contributed by atoms with Crippen LogP contribution in [0.1, 0.15) is 114 Å². The molecule has 0 aliphatic carbocycles. The number of hydrogen-bond donors (Lipinski definition) is 2. The van der Waals surface area contributed by atoms with E-state index in [1.165, 1.54) is 32.9 Å². The summed E-state index contributed by atoms with van der Waals surface area (Å²) in [6, 6.07) is 5.43. The van der Waals surface area contributed by atoms with Crippen LogP contribution in [0.25, 0.3) is 0 Å². The lowest BCUT2D eigenvalue weighted by Crippen LogP contribution is -2.69. The summed E-state index contributed by atoms with van der Waals surface area (Å²) in [5, 5.41) is 26.4. The maximum atomic E-state index is 15.1. The number of carbonyl (C=O) groups is 3. The first kappa shape index (κ1) is 44.0. The van der Waals surface area contributed by atoms with Crippen LogP contribution in [0.5, 0.6) is 40.2 Å². The number of benzene rings is 3. The van der Waals surface area contributed by atoms with Crippen LogP contribution in [-0.2, 0) is 37.5 Å². The number of nitriles is 1. The number of phenols is 1. The molecule has 1 unspecified atom stereocenters. The minimum atomic E-state index is -1.41. The largest absolute Gasteiger partial charge is 0.504 e. The molecule has 2 fully saturated rings. The summed E-state index contributed by atoms with van der Waals surface area (Å²) >= 11 is 1.48. The fourth-order valence-electron chi connectivity index (χ4n) is 11.3. The Labute approximate surface area is 377 Å². The number of aromatic hydroxyl groups is 1. The Morgan fingerprint density at radius 2 is 1.77 bits per heavy atom. The van der Waals surface area contributed by atoms with Crippen LogP contribution < -0.4 is 33.7 Å². The van der Waals surface area contributed by atoms with E-state index in [4.69, 9.17) is 33.2 Å². The van der Waals surface area contributed by atoms with Crippen molar-refractivity contribution >= 4 is 29.7 Å². The van der Waals surface area contributed by atoms with Gasteiger partial charge >= 0.3 is 17.9 Å². The molecule has 7 aliphatic rings. The van der Waals surface area contributed by atoms with Crippen molar-refractivity contribution in [3.8, 4) is 46.3 Å². The molecule has 64 heavy (non-hydrogen) atoms.